The zero-order valence-electron chi connectivity index (χ0n) is 7.52. The average Bonchev–Trinajstić information content (AvgIpc) is 2.74. The summed E-state index contributed by atoms with van der Waals surface area (Å²) in [7, 11) is 0. The van der Waals surface area contributed by atoms with Crippen LogP contribution in [0.4, 0.5) is 4.39 Å². The number of thiazole rings is 1. The van der Waals surface area contributed by atoms with Crippen molar-refractivity contribution in [2.45, 2.75) is 6.10 Å². The van der Waals surface area contributed by atoms with Crippen molar-refractivity contribution in [3.05, 3.63) is 50.6 Å². The molecule has 15 heavy (non-hydrogen) atoms. The minimum Gasteiger partial charge on any atom is -0.381 e. The topological polar surface area (TPSA) is 33.1 Å². The molecular weight excluding hydrogens is 281 g/mol. The molecule has 0 radical (unpaired) electrons. The lowest BCUT2D eigenvalue weighted by molar-refractivity contribution is 0.219. The summed E-state index contributed by atoms with van der Waals surface area (Å²) in [5.41, 5.74) is 0.505. The summed E-state index contributed by atoms with van der Waals surface area (Å²) in [6.45, 7) is 0. The normalized spacial score (nSPS) is 12.7. The van der Waals surface area contributed by atoms with Crippen LogP contribution in [-0.4, -0.2) is 10.1 Å². The third kappa shape index (κ3) is 2.25. The Hall–Kier alpha value is -0.780. The van der Waals surface area contributed by atoms with E-state index in [0.29, 0.717) is 15.0 Å². The van der Waals surface area contributed by atoms with Gasteiger partial charge in [-0.1, -0.05) is 6.07 Å². The van der Waals surface area contributed by atoms with Gasteiger partial charge in [-0.2, -0.15) is 0 Å². The standard InChI is InChI=1S/C10H7BrFNOS/c11-7-2-1-6(5-8(7)12)9(14)10-13-3-4-15-10/h1-5,9,14H. The fourth-order valence-electron chi connectivity index (χ4n) is 1.19. The Kier molecular flexibility index (Phi) is 3.14. The van der Waals surface area contributed by atoms with E-state index in [1.807, 2.05) is 0 Å². The first-order valence-electron chi connectivity index (χ1n) is 4.21. The van der Waals surface area contributed by atoms with Crippen molar-refractivity contribution in [3.63, 3.8) is 0 Å². The number of hydrogen-bond donors (Lipinski definition) is 1. The van der Waals surface area contributed by atoms with Crippen molar-refractivity contribution in [1.29, 1.82) is 0 Å². The molecule has 0 bridgehead atoms. The molecule has 1 aromatic heterocycles. The molecular formula is C10H7BrFNOS. The predicted octanol–water partition coefficient (Wildman–Crippen LogP) is 3.13. The number of halogens is 2. The highest BCUT2D eigenvalue weighted by Gasteiger charge is 2.14. The van der Waals surface area contributed by atoms with Crippen molar-refractivity contribution in [2.75, 3.05) is 0 Å². The van der Waals surface area contributed by atoms with Crippen molar-refractivity contribution in [1.82, 2.24) is 4.98 Å². The summed E-state index contributed by atoms with van der Waals surface area (Å²) in [6, 6.07) is 4.54. The second kappa shape index (κ2) is 4.38. The average molecular weight is 288 g/mol. The molecule has 2 rings (SSSR count). The van der Waals surface area contributed by atoms with E-state index >= 15 is 0 Å². The number of aliphatic hydroxyl groups is 1. The monoisotopic (exact) mass is 287 g/mol. The van der Waals surface area contributed by atoms with Crippen LogP contribution in [0.2, 0.25) is 0 Å². The number of benzene rings is 1. The van der Waals surface area contributed by atoms with Gasteiger partial charge in [0.1, 0.15) is 16.9 Å². The molecule has 1 heterocycles. The molecule has 0 aliphatic rings. The molecule has 0 aliphatic heterocycles. The van der Waals surface area contributed by atoms with Gasteiger partial charge in [0, 0.05) is 11.6 Å². The molecule has 2 nitrogen and oxygen atoms in total. The van der Waals surface area contributed by atoms with Crippen LogP contribution in [0.25, 0.3) is 0 Å². The lowest BCUT2D eigenvalue weighted by atomic mass is 10.1. The maximum absolute atomic E-state index is 13.2. The molecule has 0 spiro atoms. The van der Waals surface area contributed by atoms with Crippen LogP contribution < -0.4 is 0 Å². The Morgan fingerprint density at radius 3 is 2.87 bits per heavy atom. The Labute approximate surface area is 98.5 Å². The maximum atomic E-state index is 13.2. The van der Waals surface area contributed by atoms with E-state index in [2.05, 4.69) is 20.9 Å². The molecule has 1 N–H and O–H groups in total. The van der Waals surface area contributed by atoms with Crippen molar-refractivity contribution >= 4 is 27.3 Å². The maximum Gasteiger partial charge on any atom is 0.137 e. The first-order chi connectivity index (χ1) is 7.18. The van der Waals surface area contributed by atoms with E-state index in [-0.39, 0.29) is 5.82 Å². The lowest BCUT2D eigenvalue weighted by Crippen LogP contribution is -1.99. The van der Waals surface area contributed by atoms with Gasteiger partial charge in [-0.15, -0.1) is 11.3 Å². The van der Waals surface area contributed by atoms with Gasteiger partial charge in [0.15, 0.2) is 0 Å². The number of aliphatic hydroxyl groups excluding tert-OH is 1. The number of rotatable bonds is 2. The van der Waals surface area contributed by atoms with Gasteiger partial charge < -0.3 is 5.11 Å². The quantitative estimate of drug-likeness (QED) is 0.921. The largest absolute Gasteiger partial charge is 0.381 e. The molecule has 1 atom stereocenters. The molecule has 0 saturated heterocycles. The molecule has 0 aliphatic carbocycles. The van der Waals surface area contributed by atoms with E-state index in [4.69, 9.17) is 0 Å². The van der Waals surface area contributed by atoms with E-state index in [1.165, 1.54) is 17.4 Å². The van der Waals surface area contributed by atoms with Crippen LogP contribution in [0.5, 0.6) is 0 Å². The van der Waals surface area contributed by atoms with Crippen LogP contribution in [0.1, 0.15) is 16.7 Å². The van der Waals surface area contributed by atoms with Gasteiger partial charge >= 0.3 is 0 Å². The molecule has 0 amide bonds. The van der Waals surface area contributed by atoms with E-state index in [0.717, 1.165) is 0 Å². The van der Waals surface area contributed by atoms with Gasteiger partial charge in [-0.25, -0.2) is 9.37 Å². The van der Waals surface area contributed by atoms with E-state index in [9.17, 15) is 9.50 Å². The van der Waals surface area contributed by atoms with Gasteiger partial charge in [0.25, 0.3) is 0 Å². The second-order valence-corrected chi connectivity index (χ2v) is 4.73. The highest BCUT2D eigenvalue weighted by Crippen LogP contribution is 2.26. The van der Waals surface area contributed by atoms with Crippen molar-refractivity contribution < 1.29 is 9.50 Å². The van der Waals surface area contributed by atoms with Crippen molar-refractivity contribution in [2.24, 2.45) is 0 Å². The fraction of sp³-hybridized carbons (Fsp3) is 0.100. The van der Waals surface area contributed by atoms with Gasteiger partial charge in [0.05, 0.1) is 4.47 Å². The summed E-state index contributed by atoms with van der Waals surface area (Å²) < 4.78 is 13.6. The zero-order chi connectivity index (χ0) is 10.8. The minimum absolute atomic E-state index is 0.386. The lowest BCUT2D eigenvalue weighted by Gasteiger charge is -2.08. The third-order valence-electron chi connectivity index (χ3n) is 1.94. The van der Waals surface area contributed by atoms with Crippen LogP contribution in [0.3, 0.4) is 0 Å². The summed E-state index contributed by atoms with van der Waals surface area (Å²) in [5.74, 6) is -0.386. The van der Waals surface area contributed by atoms with Gasteiger partial charge in [-0.05, 0) is 33.6 Å². The highest BCUT2D eigenvalue weighted by molar-refractivity contribution is 9.10. The SMILES string of the molecule is OC(c1ccc(Br)c(F)c1)c1nccs1. The highest BCUT2D eigenvalue weighted by atomic mass is 79.9. The number of nitrogens with zero attached hydrogens (tertiary/aromatic N) is 1. The Morgan fingerprint density at radius 1 is 1.47 bits per heavy atom. The summed E-state index contributed by atoms with van der Waals surface area (Å²) in [6.07, 6.45) is 0.755. The fourth-order valence-corrected chi connectivity index (χ4v) is 2.09. The van der Waals surface area contributed by atoms with E-state index in [1.54, 1.807) is 23.7 Å². The zero-order valence-corrected chi connectivity index (χ0v) is 9.93. The Bertz CT molecular complexity index is 460. The molecule has 5 heteroatoms. The smallest absolute Gasteiger partial charge is 0.137 e. The van der Waals surface area contributed by atoms with Crippen LogP contribution in [-0.2, 0) is 0 Å². The third-order valence-corrected chi connectivity index (χ3v) is 3.42. The molecule has 2 aromatic rings. The first kappa shape index (κ1) is 10.7. The number of hydrogen-bond acceptors (Lipinski definition) is 3. The van der Waals surface area contributed by atoms with Crippen LogP contribution in [0, 0.1) is 5.82 Å². The number of aromatic nitrogens is 1. The van der Waals surface area contributed by atoms with Gasteiger partial charge in [0.2, 0.25) is 0 Å². The summed E-state index contributed by atoms with van der Waals surface area (Å²) >= 11 is 4.40. The second-order valence-electron chi connectivity index (χ2n) is 2.95. The molecule has 0 saturated carbocycles. The molecule has 78 valence electrons. The summed E-state index contributed by atoms with van der Waals surface area (Å²) in [4.78, 5) is 3.98. The van der Waals surface area contributed by atoms with Crippen LogP contribution in [0.15, 0.2) is 34.2 Å². The van der Waals surface area contributed by atoms with Crippen molar-refractivity contribution in [3.8, 4) is 0 Å². The Morgan fingerprint density at radius 2 is 2.27 bits per heavy atom. The summed E-state index contributed by atoms with van der Waals surface area (Å²) in [5, 5.41) is 12.2. The van der Waals surface area contributed by atoms with Gasteiger partial charge in [-0.3, -0.25) is 0 Å². The molecule has 1 aromatic carbocycles. The minimum atomic E-state index is -0.854. The first-order valence-corrected chi connectivity index (χ1v) is 5.88. The molecule has 1 unspecified atom stereocenters. The van der Waals surface area contributed by atoms with Crippen LogP contribution >= 0.6 is 27.3 Å². The molecule has 0 fully saturated rings. The van der Waals surface area contributed by atoms with E-state index < -0.39 is 6.10 Å². The Balaban J connectivity index is 2.34. The predicted molar refractivity (Wildman–Crippen MR) is 60.3 cm³/mol.